The Morgan fingerprint density at radius 2 is 1.48 bits per heavy atom. The van der Waals surface area contributed by atoms with Gasteiger partial charge in [0.1, 0.15) is 28.5 Å². The first-order valence-electron chi connectivity index (χ1n) is 10.6. The molecule has 3 aromatic carbocycles. The van der Waals surface area contributed by atoms with E-state index in [1.54, 1.807) is 44.1 Å². The van der Waals surface area contributed by atoms with Crippen molar-refractivity contribution in [2.75, 3.05) is 19.1 Å². The highest BCUT2D eigenvalue weighted by atomic mass is 16.5. The lowest BCUT2D eigenvalue weighted by molar-refractivity contribution is -0.123. The maximum atomic E-state index is 13.5. The molecule has 0 saturated carbocycles. The van der Waals surface area contributed by atoms with Crippen LogP contribution in [0.5, 0.6) is 23.0 Å². The van der Waals surface area contributed by atoms with E-state index < -0.39 is 11.6 Å². The van der Waals surface area contributed by atoms with Gasteiger partial charge in [0.15, 0.2) is 0 Å². The summed E-state index contributed by atoms with van der Waals surface area (Å²) in [6, 6.07) is 21.5. The summed E-state index contributed by atoms with van der Waals surface area (Å²) in [5, 5.41) is 0. The number of carbonyl (C=O) groups excluding carboxylic acids is 2. The van der Waals surface area contributed by atoms with Crippen molar-refractivity contribution in [3.05, 3.63) is 78.4 Å². The molecule has 0 aliphatic carbocycles. The number of para-hydroxylation sites is 2. The Morgan fingerprint density at radius 3 is 2.18 bits per heavy atom. The van der Waals surface area contributed by atoms with Crippen LogP contribution in [0.2, 0.25) is 0 Å². The Balaban J connectivity index is 1.67. The lowest BCUT2D eigenvalue weighted by Crippen LogP contribution is -2.43. The van der Waals surface area contributed by atoms with Gasteiger partial charge in [-0.25, -0.2) is 9.69 Å². The van der Waals surface area contributed by atoms with Gasteiger partial charge in [-0.1, -0.05) is 36.4 Å². The van der Waals surface area contributed by atoms with E-state index in [-0.39, 0.29) is 12.5 Å². The minimum Gasteiger partial charge on any atom is -0.497 e. The zero-order valence-corrected chi connectivity index (χ0v) is 19.1. The molecule has 0 N–H and O–H groups in total. The molecule has 1 aliphatic rings. The van der Waals surface area contributed by atoms with Crippen LogP contribution in [0.3, 0.4) is 0 Å². The van der Waals surface area contributed by atoms with Crippen molar-refractivity contribution in [3.8, 4) is 23.0 Å². The number of benzene rings is 3. The number of ether oxygens (including phenoxy) is 3. The molecule has 0 radical (unpaired) electrons. The second kappa shape index (κ2) is 8.86. The van der Waals surface area contributed by atoms with Crippen LogP contribution in [0.1, 0.15) is 19.4 Å². The summed E-state index contributed by atoms with van der Waals surface area (Å²) in [6.07, 6.45) is 0. The van der Waals surface area contributed by atoms with Gasteiger partial charge in [-0.2, -0.15) is 0 Å². The summed E-state index contributed by atoms with van der Waals surface area (Å²) >= 11 is 0. The van der Waals surface area contributed by atoms with Crippen LogP contribution >= 0.6 is 0 Å². The topological polar surface area (TPSA) is 68.3 Å². The second-order valence-electron chi connectivity index (χ2n) is 8.13. The van der Waals surface area contributed by atoms with Gasteiger partial charge >= 0.3 is 6.03 Å². The van der Waals surface area contributed by atoms with Gasteiger partial charge in [0.25, 0.3) is 5.91 Å². The average molecular weight is 447 g/mol. The molecule has 4 rings (SSSR count). The number of hydrogen-bond acceptors (Lipinski definition) is 5. The number of methoxy groups -OCH3 is 2. The van der Waals surface area contributed by atoms with Gasteiger partial charge in [0.05, 0.1) is 26.5 Å². The third-order valence-electron chi connectivity index (χ3n) is 5.72. The molecule has 0 atom stereocenters. The first-order valence-corrected chi connectivity index (χ1v) is 10.6. The fraction of sp³-hybridized carbons (Fsp3) is 0.231. The van der Waals surface area contributed by atoms with Gasteiger partial charge in [-0.3, -0.25) is 4.79 Å². The number of anilines is 1. The first-order chi connectivity index (χ1) is 15.9. The molecule has 170 valence electrons. The van der Waals surface area contributed by atoms with E-state index in [1.165, 1.54) is 12.0 Å². The zero-order chi connectivity index (χ0) is 23.6. The van der Waals surface area contributed by atoms with Crippen LogP contribution in [-0.4, -0.2) is 36.6 Å². The lowest BCUT2D eigenvalue weighted by atomic mass is 10.0. The lowest BCUT2D eigenvalue weighted by Gasteiger charge is -2.28. The number of carbonyl (C=O) groups is 2. The molecular weight excluding hydrogens is 420 g/mol. The molecule has 3 amide bonds. The maximum Gasteiger partial charge on any atom is 0.332 e. The van der Waals surface area contributed by atoms with Crippen molar-refractivity contribution >= 4 is 17.6 Å². The second-order valence-corrected chi connectivity index (χ2v) is 8.13. The summed E-state index contributed by atoms with van der Waals surface area (Å²) in [7, 11) is 3.03. The van der Waals surface area contributed by atoms with E-state index >= 15 is 0 Å². The average Bonchev–Trinajstić information content (AvgIpc) is 2.99. The summed E-state index contributed by atoms with van der Waals surface area (Å²) < 4.78 is 16.7. The van der Waals surface area contributed by atoms with Crippen LogP contribution in [0.15, 0.2) is 72.8 Å². The minimum atomic E-state index is -1.07. The third kappa shape index (κ3) is 4.09. The largest absolute Gasteiger partial charge is 0.497 e. The number of imide groups is 1. The van der Waals surface area contributed by atoms with Gasteiger partial charge in [-0.05, 0) is 44.2 Å². The van der Waals surface area contributed by atoms with E-state index in [0.717, 1.165) is 5.56 Å². The van der Waals surface area contributed by atoms with E-state index in [9.17, 15) is 9.59 Å². The summed E-state index contributed by atoms with van der Waals surface area (Å²) in [6.45, 7) is 3.68. The van der Waals surface area contributed by atoms with Gasteiger partial charge in [0, 0.05) is 11.6 Å². The molecule has 0 spiro atoms. The van der Waals surface area contributed by atoms with E-state index in [1.807, 2.05) is 54.6 Å². The molecule has 0 unspecified atom stereocenters. The third-order valence-corrected chi connectivity index (χ3v) is 5.72. The molecule has 1 aliphatic heterocycles. The Morgan fingerprint density at radius 1 is 0.788 bits per heavy atom. The molecule has 1 fully saturated rings. The number of amides is 3. The summed E-state index contributed by atoms with van der Waals surface area (Å²) in [5.74, 6) is 1.93. The van der Waals surface area contributed by atoms with Crippen LogP contribution in [0.4, 0.5) is 10.5 Å². The SMILES string of the molecule is COc1ccc(N2C(=O)N(Cc3ccccc3Oc3ccccc3)C(C)(C)C2=O)c(OC)c1. The molecule has 7 nitrogen and oxygen atoms in total. The van der Waals surface area contributed by atoms with Crippen LogP contribution in [-0.2, 0) is 11.3 Å². The van der Waals surface area contributed by atoms with Crippen LogP contribution < -0.4 is 19.1 Å². The van der Waals surface area contributed by atoms with Gasteiger partial charge in [-0.15, -0.1) is 0 Å². The van der Waals surface area contributed by atoms with Crippen molar-refractivity contribution in [3.63, 3.8) is 0 Å². The molecule has 1 heterocycles. The van der Waals surface area contributed by atoms with Gasteiger partial charge < -0.3 is 19.1 Å². The van der Waals surface area contributed by atoms with Crippen molar-refractivity contribution in [1.82, 2.24) is 4.90 Å². The molecular formula is C26H26N2O5. The van der Waals surface area contributed by atoms with Crippen LogP contribution in [0.25, 0.3) is 0 Å². The van der Waals surface area contributed by atoms with Crippen LogP contribution in [0, 0.1) is 0 Å². The van der Waals surface area contributed by atoms with Crippen molar-refractivity contribution in [2.45, 2.75) is 25.9 Å². The maximum absolute atomic E-state index is 13.5. The standard InChI is InChI=1S/C26H26N2O5/c1-26(2)24(29)28(21-15-14-20(31-3)16-23(21)32-4)25(30)27(26)17-18-10-8-9-13-22(18)33-19-11-6-5-7-12-19/h5-16H,17H2,1-4H3. The Hall–Kier alpha value is -4.00. The Labute approximate surface area is 193 Å². The van der Waals surface area contributed by atoms with Crippen molar-refractivity contribution in [2.24, 2.45) is 0 Å². The highest BCUT2D eigenvalue weighted by Crippen LogP contribution is 2.40. The summed E-state index contributed by atoms with van der Waals surface area (Å²) in [4.78, 5) is 29.6. The summed E-state index contributed by atoms with van der Waals surface area (Å²) in [5.41, 5.74) is 0.0961. The molecule has 7 heteroatoms. The van der Waals surface area contributed by atoms with E-state index in [2.05, 4.69) is 0 Å². The number of rotatable bonds is 7. The zero-order valence-electron chi connectivity index (χ0n) is 19.1. The Kier molecular flexibility index (Phi) is 5.96. The normalized spacial score (nSPS) is 15.0. The van der Waals surface area contributed by atoms with Gasteiger partial charge in [0.2, 0.25) is 0 Å². The minimum absolute atomic E-state index is 0.204. The predicted octanol–water partition coefficient (Wildman–Crippen LogP) is 5.24. The fourth-order valence-electron chi connectivity index (χ4n) is 3.80. The smallest absolute Gasteiger partial charge is 0.332 e. The fourth-order valence-corrected chi connectivity index (χ4v) is 3.80. The number of nitrogens with zero attached hydrogens (tertiary/aromatic N) is 2. The molecule has 0 bridgehead atoms. The number of urea groups is 1. The number of hydrogen-bond donors (Lipinski definition) is 0. The van der Waals surface area contributed by atoms with Crippen molar-refractivity contribution in [1.29, 1.82) is 0 Å². The predicted molar refractivity (Wildman–Crippen MR) is 125 cm³/mol. The Bertz CT molecular complexity index is 1180. The molecule has 1 saturated heterocycles. The van der Waals surface area contributed by atoms with Crippen molar-refractivity contribution < 1.29 is 23.8 Å². The molecule has 0 aromatic heterocycles. The molecule has 3 aromatic rings. The van der Waals surface area contributed by atoms with E-state index in [4.69, 9.17) is 14.2 Å². The highest BCUT2D eigenvalue weighted by molar-refractivity contribution is 6.23. The molecule has 33 heavy (non-hydrogen) atoms. The monoisotopic (exact) mass is 446 g/mol. The quantitative estimate of drug-likeness (QED) is 0.464. The highest BCUT2D eigenvalue weighted by Gasteiger charge is 2.52. The first kappa shape index (κ1) is 22.2. The van der Waals surface area contributed by atoms with E-state index in [0.29, 0.717) is 28.7 Å².